The normalized spacial score (nSPS) is 11.4. The molecule has 0 aliphatic carbocycles. The van der Waals surface area contributed by atoms with E-state index in [0.29, 0.717) is 16.3 Å². The van der Waals surface area contributed by atoms with Gasteiger partial charge in [0.1, 0.15) is 0 Å². The summed E-state index contributed by atoms with van der Waals surface area (Å²) in [4.78, 5) is 11.3. The number of halogens is 1. The van der Waals surface area contributed by atoms with Crippen LogP contribution in [0.15, 0.2) is 59.5 Å². The predicted octanol–water partition coefficient (Wildman–Crippen LogP) is 3.70. The van der Waals surface area contributed by atoms with Gasteiger partial charge in [-0.05, 0) is 65.7 Å². The lowest BCUT2D eigenvalue weighted by molar-refractivity contribution is 0.100. The second-order valence-corrected chi connectivity index (χ2v) is 7.83. The quantitative estimate of drug-likeness (QED) is 0.729. The van der Waals surface area contributed by atoms with Crippen molar-refractivity contribution in [2.45, 2.75) is 11.8 Å². The Bertz CT molecular complexity index is 1070. The van der Waals surface area contributed by atoms with Crippen LogP contribution in [0.25, 0.3) is 10.8 Å². The largest absolute Gasteiger partial charge is 0.366 e. The van der Waals surface area contributed by atoms with Crippen molar-refractivity contribution in [3.05, 3.63) is 70.7 Å². The van der Waals surface area contributed by atoms with E-state index in [0.717, 1.165) is 16.3 Å². The molecular formula is C18H15ClN2O3S. The summed E-state index contributed by atoms with van der Waals surface area (Å²) in [5.74, 6) is -0.511. The highest BCUT2D eigenvalue weighted by Crippen LogP contribution is 2.24. The topological polar surface area (TPSA) is 89.3 Å². The molecule has 3 aromatic carbocycles. The predicted molar refractivity (Wildman–Crippen MR) is 99.5 cm³/mol. The van der Waals surface area contributed by atoms with E-state index in [2.05, 4.69) is 4.72 Å². The molecule has 7 heteroatoms. The van der Waals surface area contributed by atoms with Crippen molar-refractivity contribution in [2.75, 3.05) is 4.72 Å². The molecule has 0 bridgehead atoms. The number of carbonyl (C=O) groups excluding carboxylic acids is 1. The molecule has 0 atom stereocenters. The van der Waals surface area contributed by atoms with Crippen LogP contribution >= 0.6 is 11.6 Å². The lowest BCUT2D eigenvalue weighted by Crippen LogP contribution is -2.13. The van der Waals surface area contributed by atoms with Gasteiger partial charge in [-0.15, -0.1) is 0 Å². The summed E-state index contributed by atoms with van der Waals surface area (Å²) in [5, 5.41) is 1.93. The molecule has 0 aliphatic heterocycles. The minimum atomic E-state index is -3.76. The Labute approximate surface area is 150 Å². The van der Waals surface area contributed by atoms with Crippen LogP contribution in [0, 0.1) is 6.92 Å². The first kappa shape index (κ1) is 17.3. The van der Waals surface area contributed by atoms with E-state index in [4.69, 9.17) is 17.3 Å². The molecular weight excluding hydrogens is 360 g/mol. The molecule has 0 saturated carbocycles. The molecule has 0 aromatic heterocycles. The molecule has 3 N–H and O–H groups in total. The van der Waals surface area contributed by atoms with Gasteiger partial charge in [-0.1, -0.05) is 23.7 Å². The second kappa shape index (κ2) is 6.38. The summed E-state index contributed by atoms with van der Waals surface area (Å²) in [6.45, 7) is 1.78. The second-order valence-electron chi connectivity index (χ2n) is 5.71. The summed E-state index contributed by atoms with van der Waals surface area (Å²) in [6.07, 6.45) is 0. The zero-order valence-electron chi connectivity index (χ0n) is 13.3. The number of sulfonamides is 1. The van der Waals surface area contributed by atoms with Gasteiger partial charge in [-0.2, -0.15) is 0 Å². The number of hydrogen-bond acceptors (Lipinski definition) is 3. The zero-order chi connectivity index (χ0) is 18.2. The minimum absolute atomic E-state index is 0.0988. The Morgan fingerprint density at radius 1 is 1.00 bits per heavy atom. The maximum Gasteiger partial charge on any atom is 0.261 e. The molecule has 0 saturated heterocycles. The fraction of sp³-hybridized carbons (Fsp3) is 0.0556. The Morgan fingerprint density at radius 3 is 2.36 bits per heavy atom. The number of anilines is 1. The van der Waals surface area contributed by atoms with Crippen molar-refractivity contribution in [3.63, 3.8) is 0 Å². The van der Waals surface area contributed by atoms with Crippen LogP contribution in [-0.4, -0.2) is 14.3 Å². The molecule has 0 heterocycles. The fourth-order valence-electron chi connectivity index (χ4n) is 2.53. The number of nitrogens with one attached hydrogen (secondary N) is 1. The average Bonchev–Trinajstić information content (AvgIpc) is 2.53. The average molecular weight is 375 g/mol. The summed E-state index contributed by atoms with van der Waals surface area (Å²) >= 11 is 5.95. The number of primary amides is 1. The van der Waals surface area contributed by atoms with E-state index in [9.17, 15) is 13.2 Å². The molecule has 0 aliphatic rings. The van der Waals surface area contributed by atoms with Crippen LogP contribution in [0.5, 0.6) is 0 Å². The van der Waals surface area contributed by atoms with Crippen LogP contribution in [0.1, 0.15) is 15.9 Å². The van der Waals surface area contributed by atoms with E-state index in [-0.39, 0.29) is 4.90 Å². The van der Waals surface area contributed by atoms with Gasteiger partial charge >= 0.3 is 0 Å². The highest BCUT2D eigenvalue weighted by molar-refractivity contribution is 7.92. The monoisotopic (exact) mass is 374 g/mol. The van der Waals surface area contributed by atoms with Gasteiger partial charge < -0.3 is 5.73 Å². The number of aryl methyl sites for hydroxylation is 1. The third-order valence-corrected chi connectivity index (χ3v) is 5.28. The summed E-state index contributed by atoms with van der Waals surface area (Å²) in [7, 11) is -3.76. The molecule has 1 amide bonds. The van der Waals surface area contributed by atoms with Crippen molar-refractivity contribution < 1.29 is 13.2 Å². The van der Waals surface area contributed by atoms with Crippen molar-refractivity contribution in [2.24, 2.45) is 5.73 Å². The van der Waals surface area contributed by atoms with E-state index in [1.807, 2.05) is 0 Å². The molecule has 128 valence electrons. The maximum atomic E-state index is 12.6. The number of amides is 1. The Balaban J connectivity index is 1.96. The van der Waals surface area contributed by atoms with Crippen LogP contribution in [0.3, 0.4) is 0 Å². The fourth-order valence-corrected chi connectivity index (χ4v) is 4.07. The minimum Gasteiger partial charge on any atom is -0.366 e. The van der Waals surface area contributed by atoms with Crippen LogP contribution in [0.4, 0.5) is 5.69 Å². The van der Waals surface area contributed by atoms with E-state index in [1.54, 1.807) is 55.5 Å². The molecule has 0 fully saturated rings. The molecule has 0 spiro atoms. The lowest BCUT2D eigenvalue weighted by Gasteiger charge is -2.10. The van der Waals surface area contributed by atoms with Crippen LogP contribution < -0.4 is 10.5 Å². The third kappa shape index (κ3) is 3.75. The number of rotatable bonds is 4. The molecule has 5 nitrogen and oxygen atoms in total. The summed E-state index contributed by atoms with van der Waals surface area (Å²) < 4.78 is 27.6. The van der Waals surface area contributed by atoms with E-state index >= 15 is 0 Å². The third-order valence-electron chi connectivity index (χ3n) is 3.70. The Hall–Kier alpha value is -2.57. The molecule has 25 heavy (non-hydrogen) atoms. The number of nitrogens with two attached hydrogens (primary N) is 1. The first-order chi connectivity index (χ1) is 11.7. The molecule has 3 rings (SSSR count). The standard InChI is InChI=1S/C18H15ClN2O3S/c1-11-6-15(19)10-17(7-11)25(23,24)21-16-5-4-12-8-14(18(20)22)3-2-13(12)9-16/h2-10,21H,1H3,(H2,20,22). The molecule has 0 unspecified atom stereocenters. The van der Waals surface area contributed by atoms with E-state index < -0.39 is 15.9 Å². The highest BCUT2D eigenvalue weighted by atomic mass is 35.5. The van der Waals surface area contributed by atoms with Crippen LogP contribution in [-0.2, 0) is 10.0 Å². The number of fused-ring (bicyclic) bond motifs is 1. The van der Waals surface area contributed by atoms with Gasteiger partial charge in [0.15, 0.2) is 0 Å². The SMILES string of the molecule is Cc1cc(Cl)cc(S(=O)(=O)Nc2ccc3cc(C(N)=O)ccc3c2)c1. The molecule has 0 radical (unpaired) electrons. The summed E-state index contributed by atoms with van der Waals surface area (Å²) in [6, 6.07) is 14.7. The Kier molecular flexibility index (Phi) is 4.41. The smallest absolute Gasteiger partial charge is 0.261 e. The van der Waals surface area contributed by atoms with Gasteiger partial charge in [0.05, 0.1) is 4.90 Å². The zero-order valence-corrected chi connectivity index (χ0v) is 14.9. The first-order valence-electron chi connectivity index (χ1n) is 7.38. The van der Waals surface area contributed by atoms with Crippen molar-refractivity contribution in [3.8, 4) is 0 Å². The van der Waals surface area contributed by atoms with Gasteiger partial charge in [0.2, 0.25) is 5.91 Å². The van der Waals surface area contributed by atoms with E-state index in [1.165, 1.54) is 6.07 Å². The Morgan fingerprint density at radius 2 is 1.68 bits per heavy atom. The van der Waals surface area contributed by atoms with Gasteiger partial charge in [-0.3, -0.25) is 9.52 Å². The van der Waals surface area contributed by atoms with Gasteiger partial charge in [-0.25, -0.2) is 8.42 Å². The van der Waals surface area contributed by atoms with Crippen molar-refractivity contribution in [1.82, 2.24) is 0 Å². The number of carbonyl (C=O) groups is 1. The van der Waals surface area contributed by atoms with Gasteiger partial charge in [0.25, 0.3) is 10.0 Å². The van der Waals surface area contributed by atoms with Crippen LogP contribution in [0.2, 0.25) is 5.02 Å². The molecule has 3 aromatic rings. The lowest BCUT2D eigenvalue weighted by atomic mass is 10.1. The highest BCUT2D eigenvalue weighted by Gasteiger charge is 2.15. The van der Waals surface area contributed by atoms with Crippen molar-refractivity contribution in [1.29, 1.82) is 0 Å². The number of hydrogen-bond donors (Lipinski definition) is 2. The van der Waals surface area contributed by atoms with Crippen molar-refractivity contribution >= 4 is 44.0 Å². The first-order valence-corrected chi connectivity index (χ1v) is 9.24. The number of benzene rings is 3. The van der Waals surface area contributed by atoms with Gasteiger partial charge in [0, 0.05) is 16.3 Å². The summed E-state index contributed by atoms with van der Waals surface area (Å²) in [5.41, 5.74) is 6.83. The maximum absolute atomic E-state index is 12.6.